The van der Waals surface area contributed by atoms with Crippen molar-refractivity contribution in [1.29, 1.82) is 0 Å². The summed E-state index contributed by atoms with van der Waals surface area (Å²) in [7, 11) is 3.79. The summed E-state index contributed by atoms with van der Waals surface area (Å²) in [6, 6.07) is 7.96. The normalized spacial score (nSPS) is 15.7. The Labute approximate surface area is 199 Å². The van der Waals surface area contributed by atoms with E-state index < -0.39 is 0 Å². The predicted molar refractivity (Wildman–Crippen MR) is 130 cm³/mol. The number of anilines is 2. The molecule has 1 aromatic carbocycles. The van der Waals surface area contributed by atoms with Gasteiger partial charge in [-0.1, -0.05) is 12.1 Å². The van der Waals surface area contributed by atoms with E-state index in [0.29, 0.717) is 37.8 Å². The van der Waals surface area contributed by atoms with Crippen molar-refractivity contribution in [3.63, 3.8) is 0 Å². The van der Waals surface area contributed by atoms with E-state index in [-0.39, 0.29) is 17.8 Å². The van der Waals surface area contributed by atoms with Crippen LogP contribution in [0.5, 0.6) is 0 Å². The minimum absolute atomic E-state index is 0.107. The van der Waals surface area contributed by atoms with Crippen LogP contribution in [-0.4, -0.2) is 57.9 Å². The summed E-state index contributed by atoms with van der Waals surface area (Å²) in [6.07, 6.45) is 9.07. The van der Waals surface area contributed by atoms with E-state index >= 15 is 0 Å². The van der Waals surface area contributed by atoms with Crippen LogP contribution < -0.4 is 10.2 Å². The van der Waals surface area contributed by atoms with Crippen molar-refractivity contribution in [3.8, 4) is 11.1 Å². The van der Waals surface area contributed by atoms with Crippen LogP contribution in [0.4, 0.5) is 16.3 Å². The summed E-state index contributed by atoms with van der Waals surface area (Å²) in [4.78, 5) is 34.7. The summed E-state index contributed by atoms with van der Waals surface area (Å²) in [5, 5.41) is 3.15. The highest BCUT2D eigenvalue weighted by Crippen LogP contribution is 2.36. The second-order valence-corrected chi connectivity index (χ2v) is 8.57. The largest absolute Gasteiger partial charge is 0.354 e. The molecule has 0 saturated carbocycles. The molecule has 1 atom stereocenters. The van der Waals surface area contributed by atoms with Crippen LogP contribution in [0.2, 0.25) is 0 Å². The maximum atomic E-state index is 13.5. The third kappa shape index (κ3) is 5.65. The van der Waals surface area contributed by atoms with Crippen LogP contribution in [0, 0.1) is 5.82 Å². The smallest absolute Gasteiger partial charge is 0.225 e. The Morgan fingerprint density at radius 3 is 2.65 bits per heavy atom. The van der Waals surface area contributed by atoms with Gasteiger partial charge in [-0.05, 0) is 49.4 Å². The molecule has 1 fully saturated rings. The van der Waals surface area contributed by atoms with E-state index in [0.717, 1.165) is 36.1 Å². The Hall–Kier alpha value is -3.62. The fourth-order valence-electron chi connectivity index (χ4n) is 4.19. The molecule has 2 aromatic heterocycles. The molecular formula is C25H30FN7O. The minimum atomic E-state index is -0.292. The molecule has 1 aliphatic heterocycles. The second kappa shape index (κ2) is 11.0. The number of likely N-dealkylation sites (tertiary alicyclic amines) is 1. The van der Waals surface area contributed by atoms with Crippen molar-refractivity contribution < 1.29 is 9.18 Å². The molecule has 34 heavy (non-hydrogen) atoms. The average Bonchev–Trinajstić information content (AvgIpc) is 2.87. The molecule has 1 amide bonds. The van der Waals surface area contributed by atoms with Gasteiger partial charge in [0.15, 0.2) is 0 Å². The van der Waals surface area contributed by atoms with Crippen LogP contribution in [0.3, 0.4) is 0 Å². The van der Waals surface area contributed by atoms with Crippen LogP contribution in [0.1, 0.15) is 43.8 Å². The van der Waals surface area contributed by atoms with Gasteiger partial charge < -0.3 is 15.1 Å². The number of carbonyl (C=O) groups excluding carboxylic acids is 1. The van der Waals surface area contributed by atoms with Gasteiger partial charge in [0.1, 0.15) is 5.82 Å². The Bertz CT molecular complexity index is 1090. The van der Waals surface area contributed by atoms with Gasteiger partial charge >= 0.3 is 0 Å². The van der Waals surface area contributed by atoms with Crippen LogP contribution >= 0.6 is 0 Å². The molecule has 0 spiro atoms. The number of piperidine rings is 1. The van der Waals surface area contributed by atoms with E-state index in [9.17, 15) is 9.18 Å². The zero-order valence-electron chi connectivity index (χ0n) is 19.6. The number of carbonyl (C=O) groups is 1. The summed E-state index contributed by atoms with van der Waals surface area (Å²) in [5.74, 6) is 0.966. The fourth-order valence-corrected chi connectivity index (χ4v) is 4.19. The van der Waals surface area contributed by atoms with Crippen LogP contribution in [0.15, 0.2) is 48.9 Å². The number of hydrogen-bond donors (Lipinski definition) is 1. The number of nitrogens with one attached hydrogen (secondary N) is 1. The van der Waals surface area contributed by atoms with Gasteiger partial charge in [0.05, 0.1) is 11.7 Å². The maximum absolute atomic E-state index is 13.5. The zero-order valence-corrected chi connectivity index (χ0v) is 19.6. The third-order valence-electron chi connectivity index (χ3n) is 5.92. The van der Waals surface area contributed by atoms with Crippen LogP contribution in [-0.2, 0) is 4.79 Å². The Morgan fingerprint density at radius 2 is 1.91 bits per heavy atom. The molecule has 0 aliphatic carbocycles. The van der Waals surface area contributed by atoms with Crippen molar-refractivity contribution in [3.05, 3.63) is 60.4 Å². The highest BCUT2D eigenvalue weighted by molar-refractivity contribution is 5.77. The van der Waals surface area contributed by atoms with Crippen molar-refractivity contribution in [2.75, 3.05) is 37.4 Å². The van der Waals surface area contributed by atoms with E-state index in [1.807, 2.05) is 23.9 Å². The quantitative estimate of drug-likeness (QED) is 0.504. The van der Waals surface area contributed by atoms with E-state index in [1.165, 1.54) is 12.1 Å². The number of amides is 1. The first kappa shape index (κ1) is 23.5. The molecule has 0 unspecified atom stereocenters. The molecule has 8 nitrogen and oxygen atoms in total. The Balaban J connectivity index is 1.53. The lowest BCUT2D eigenvalue weighted by Gasteiger charge is -2.36. The summed E-state index contributed by atoms with van der Waals surface area (Å²) < 4.78 is 13.5. The van der Waals surface area contributed by atoms with Gasteiger partial charge in [-0.25, -0.2) is 24.3 Å². The number of rotatable bonds is 8. The number of hydrogen-bond acceptors (Lipinski definition) is 7. The first-order valence-electron chi connectivity index (χ1n) is 11.6. The Kier molecular flexibility index (Phi) is 7.61. The third-order valence-corrected chi connectivity index (χ3v) is 5.92. The van der Waals surface area contributed by atoms with Crippen molar-refractivity contribution in [1.82, 2.24) is 24.8 Å². The van der Waals surface area contributed by atoms with Crippen molar-refractivity contribution >= 4 is 17.8 Å². The molecule has 1 aliphatic rings. The molecule has 1 N–H and O–H groups in total. The number of aromatic nitrogens is 4. The average molecular weight is 464 g/mol. The SMILES string of the molecule is CN(C)c1ncc(-c2ccc(F)cc2)c([C@@H]2CCCCN2C(=O)CCCNc2ncccn2)n1. The Morgan fingerprint density at radius 1 is 1.15 bits per heavy atom. The van der Waals surface area contributed by atoms with Gasteiger partial charge in [0.2, 0.25) is 17.8 Å². The summed E-state index contributed by atoms with van der Waals surface area (Å²) in [5.41, 5.74) is 2.49. The molecule has 1 saturated heterocycles. The summed E-state index contributed by atoms with van der Waals surface area (Å²) in [6.45, 7) is 1.32. The van der Waals surface area contributed by atoms with Gasteiger partial charge in [0.25, 0.3) is 0 Å². The molecule has 3 heterocycles. The molecule has 3 aromatic rings. The topological polar surface area (TPSA) is 87.1 Å². The minimum Gasteiger partial charge on any atom is -0.354 e. The zero-order chi connectivity index (χ0) is 23.9. The van der Waals surface area contributed by atoms with Crippen LogP contribution in [0.25, 0.3) is 11.1 Å². The number of benzene rings is 1. The summed E-state index contributed by atoms with van der Waals surface area (Å²) >= 11 is 0. The lowest BCUT2D eigenvalue weighted by molar-refractivity contribution is -0.135. The highest BCUT2D eigenvalue weighted by Gasteiger charge is 2.31. The fraction of sp³-hybridized carbons (Fsp3) is 0.400. The highest BCUT2D eigenvalue weighted by atomic mass is 19.1. The lowest BCUT2D eigenvalue weighted by Crippen LogP contribution is -2.39. The van der Waals surface area contributed by atoms with Crippen molar-refractivity contribution in [2.24, 2.45) is 0 Å². The molecule has 4 rings (SSSR count). The van der Waals surface area contributed by atoms with E-state index in [1.54, 1.807) is 36.8 Å². The standard InChI is InChI=1S/C25H30FN7O/c1-32(2)25-30-17-20(18-9-11-19(26)12-10-18)23(31-25)21-7-3-4-16-33(21)22(34)8-5-13-27-24-28-14-6-15-29-24/h6,9-12,14-15,17,21H,3-5,7-8,13,16H2,1-2H3,(H,27,28,29)/t21-/m0/s1. The van der Waals surface area contributed by atoms with Gasteiger partial charge in [-0.2, -0.15) is 0 Å². The van der Waals surface area contributed by atoms with Gasteiger partial charge in [-0.15, -0.1) is 0 Å². The number of halogens is 1. The molecular weight excluding hydrogens is 433 g/mol. The number of nitrogens with zero attached hydrogens (tertiary/aromatic N) is 6. The van der Waals surface area contributed by atoms with E-state index in [4.69, 9.17) is 4.98 Å². The molecule has 0 radical (unpaired) electrons. The van der Waals surface area contributed by atoms with Gasteiger partial charge in [0, 0.05) is 57.8 Å². The predicted octanol–water partition coefficient (Wildman–Crippen LogP) is 4.08. The first-order valence-corrected chi connectivity index (χ1v) is 11.6. The molecule has 178 valence electrons. The second-order valence-electron chi connectivity index (χ2n) is 8.57. The lowest BCUT2D eigenvalue weighted by atomic mass is 9.93. The molecule has 9 heteroatoms. The first-order chi connectivity index (χ1) is 16.5. The molecule has 0 bridgehead atoms. The monoisotopic (exact) mass is 463 g/mol. The maximum Gasteiger partial charge on any atom is 0.225 e. The van der Waals surface area contributed by atoms with Crippen molar-refractivity contribution in [2.45, 2.75) is 38.1 Å². The van der Waals surface area contributed by atoms with E-state index in [2.05, 4.69) is 20.3 Å². The van der Waals surface area contributed by atoms with Gasteiger partial charge in [-0.3, -0.25) is 4.79 Å².